The van der Waals surface area contributed by atoms with Gasteiger partial charge in [-0.1, -0.05) is 6.07 Å². The van der Waals surface area contributed by atoms with Gasteiger partial charge in [0.1, 0.15) is 5.56 Å². The fourth-order valence-corrected chi connectivity index (χ4v) is 1.64. The van der Waals surface area contributed by atoms with Gasteiger partial charge >= 0.3 is 6.09 Å². The van der Waals surface area contributed by atoms with E-state index in [1.165, 1.54) is 25.6 Å². The molecule has 2 aromatic rings. The van der Waals surface area contributed by atoms with Crippen molar-refractivity contribution in [1.29, 1.82) is 0 Å². The van der Waals surface area contributed by atoms with Crippen molar-refractivity contribution in [3.8, 4) is 0 Å². The summed E-state index contributed by atoms with van der Waals surface area (Å²) in [6.45, 7) is 0. The van der Waals surface area contributed by atoms with E-state index >= 15 is 0 Å². The summed E-state index contributed by atoms with van der Waals surface area (Å²) in [5.41, 5.74) is 0.526. The van der Waals surface area contributed by atoms with Gasteiger partial charge in [-0.2, -0.15) is 0 Å². The van der Waals surface area contributed by atoms with E-state index in [1.54, 1.807) is 24.3 Å². The number of hydrogen-bond acceptors (Lipinski definition) is 4. The maximum Gasteiger partial charge on any atom is 0.411 e. The molecule has 1 aromatic heterocycles. The third kappa shape index (κ3) is 3.69. The molecular formula is C14H13N3O4. The minimum atomic E-state index is -0.613. The number of H-pyrrole nitrogens is 1. The number of rotatable bonds is 3. The zero-order chi connectivity index (χ0) is 15.2. The summed E-state index contributed by atoms with van der Waals surface area (Å²) < 4.78 is 4.48. The Morgan fingerprint density at radius 1 is 1.14 bits per heavy atom. The molecule has 2 amide bonds. The summed E-state index contributed by atoms with van der Waals surface area (Å²) in [6, 6.07) is 7.74. The normalized spacial score (nSPS) is 9.76. The molecule has 108 valence electrons. The number of ether oxygens (including phenoxy) is 1. The van der Waals surface area contributed by atoms with Crippen LogP contribution in [0.5, 0.6) is 0 Å². The summed E-state index contributed by atoms with van der Waals surface area (Å²) >= 11 is 0. The molecule has 2 rings (SSSR count). The van der Waals surface area contributed by atoms with Crippen molar-refractivity contribution in [3.05, 3.63) is 58.5 Å². The number of anilines is 2. The maximum atomic E-state index is 12.0. The van der Waals surface area contributed by atoms with Crippen molar-refractivity contribution < 1.29 is 14.3 Å². The van der Waals surface area contributed by atoms with Crippen LogP contribution in [0.25, 0.3) is 0 Å². The minimum absolute atomic E-state index is 0.00355. The number of carbonyl (C=O) groups excluding carboxylic acids is 2. The van der Waals surface area contributed by atoms with Crippen LogP contribution in [0.4, 0.5) is 16.2 Å². The summed E-state index contributed by atoms with van der Waals surface area (Å²) in [5, 5.41) is 5.06. The topological polar surface area (TPSA) is 100 Å². The van der Waals surface area contributed by atoms with E-state index in [9.17, 15) is 14.4 Å². The number of nitrogens with one attached hydrogen (secondary N) is 3. The summed E-state index contributed by atoms with van der Waals surface area (Å²) in [7, 11) is 1.25. The molecule has 0 bridgehead atoms. The second-order valence-corrected chi connectivity index (χ2v) is 4.07. The van der Waals surface area contributed by atoms with Gasteiger partial charge in [-0.3, -0.25) is 14.9 Å². The van der Waals surface area contributed by atoms with Crippen LogP contribution >= 0.6 is 0 Å². The molecule has 0 fully saturated rings. The van der Waals surface area contributed by atoms with Gasteiger partial charge < -0.3 is 15.0 Å². The Hall–Kier alpha value is -3.09. The van der Waals surface area contributed by atoms with Crippen molar-refractivity contribution in [2.24, 2.45) is 0 Å². The van der Waals surface area contributed by atoms with E-state index in [0.29, 0.717) is 11.4 Å². The predicted molar refractivity (Wildman–Crippen MR) is 77.5 cm³/mol. The van der Waals surface area contributed by atoms with Gasteiger partial charge in [-0.15, -0.1) is 0 Å². The first-order chi connectivity index (χ1) is 10.1. The molecule has 0 spiro atoms. The molecule has 0 atom stereocenters. The zero-order valence-corrected chi connectivity index (χ0v) is 11.2. The Kier molecular flexibility index (Phi) is 4.35. The SMILES string of the molecule is COC(=O)Nc1cccc(NC(=O)c2c[nH]ccc2=O)c1. The van der Waals surface area contributed by atoms with Gasteiger partial charge in [0.05, 0.1) is 7.11 Å². The van der Waals surface area contributed by atoms with Crippen molar-refractivity contribution in [1.82, 2.24) is 4.98 Å². The Morgan fingerprint density at radius 3 is 2.52 bits per heavy atom. The second-order valence-electron chi connectivity index (χ2n) is 4.07. The number of aromatic nitrogens is 1. The fraction of sp³-hybridized carbons (Fsp3) is 0.0714. The second kappa shape index (κ2) is 6.38. The number of benzene rings is 1. The van der Waals surface area contributed by atoms with E-state index < -0.39 is 12.0 Å². The maximum absolute atomic E-state index is 12.0. The van der Waals surface area contributed by atoms with Gasteiger partial charge in [-0.25, -0.2) is 4.79 Å². The Balaban J connectivity index is 2.15. The van der Waals surface area contributed by atoms with E-state index in [1.807, 2.05) is 0 Å². The lowest BCUT2D eigenvalue weighted by Crippen LogP contribution is -2.21. The molecule has 21 heavy (non-hydrogen) atoms. The molecule has 0 aliphatic heterocycles. The molecule has 7 heteroatoms. The van der Waals surface area contributed by atoms with Crippen LogP contribution < -0.4 is 16.1 Å². The number of methoxy groups -OCH3 is 1. The highest BCUT2D eigenvalue weighted by atomic mass is 16.5. The highest BCUT2D eigenvalue weighted by molar-refractivity contribution is 6.04. The van der Waals surface area contributed by atoms with E-state index in [4.69, 9.17) is 0 Å². The zero-order valence-electron chi connectivity index (χ0n) is 11.2. The van der Waals surface area contributed by atoms with E-state index in [-0.39, 0.29) is 11.0 Å². The molecule has 1 heterocycles. The summed E-state index contributed by atoms with van der Waals surface area (Å²) in [4.78, 5) is 37.3. The van der Waals surface area contributed by atoms with Crippen LogP contribution in [0.2, 0.25) is 0 Å². The molecule has 0 saturated carbocycles. The monoisotopic (exact) mass is 287 g/mol. The molecule has 0 saturated heterocycles. The smallest absolute Gasteiger partial charge is 0.411 e. The van der Waals surface area contributed by atoms with Crippen LogP contribution in [0.3, 0.4) is 0 Å². The average Bonchev–Trinajstić information content (AvgIpc) is 2.47. The van der Waals surface area contributed by atoms with Crippen LogP contribution in [-0.2, 0) is 4.74 Å². The molecule has 0 aliphatic carbocycles. The fourth-order valence-electron chi connectivity index (χ4n) is 1.64. The lowest BCUT2D eigenvalue weighted by Gasteiger charge is -2.08. The molecule has 1 aromatic carbocycles. The lowest BCUT2D eigenvalue weighted by atomic mass is 10.2. The molecule has 3 N–H and O–H groups in total. The highest BCUT2D eigenvalue weighted by Crippen LogP contribution is 2.15. The quantitative estimate of drug-likeness (QED) is 0.801. The van der Waals surface area contributed by atoms with Gasteiger partial charge in [-0.05, 0) is 18.2 Å². The van der Waals surface area contributed by atoms with Crippen molar-refractivity contribution in [3.63, 3.8) is 0 Å². The van der Waals surface area contributed by atoms with Gasteiger partial charge in [0.25, 0.3) is 5.91 Å². The van der Waals surface area contributed by atoms with Gasteiger partial charge in [0.2, 0.25) is 0 Å². The molecule has 0 unspecified atom stereocenters. The van der Waals surface area contributed by atoms with Crippen LogP contribution in [0.1, 0.15) is 10.4 Å². The first-order valence-electron chi connectivity index (χ1n) is 6.03. The van der Waals surface area contributed by atoms with E-state index in [0.717, 1.165) is 0 Å². The number of amides is 2. The molecular weight excluding hydrogens is 274 g/mol. The largest absolute Gasteiger partial charge is 0.453 e. The summed E-state index contributed by atoms with van der Waals surface area (Å²) in [5.74, 6) is -0.535. The number of aromatic amines is 1. The predicted octanol–water partition coefficient (Wildman–Crippen LogP) is 1.81. The lowest BCUT2D eigenvalue weighted by molar-refractivity contribution is 0.102. The Morgan fingerprint density at radius 2 is 1.86 bits per heavy atom. The molecule has 0 aliphatic rings. The van der Waals surface area contributed by atoms with E-state index in [2.05, 4.69) is 20.4 Å². The minimum Gasteiger partial charge on any atom is -0.453 e. The Bertz CT molecular complexity index is 724. The highest BCUT2D eigenvalue weighted by Gasteiger charge is 2.10. The Labute approximate surface area is 120 Å². The van der Waals surface area contributed by atoms with Crippen LogP contribution in [0, 0.1) is 0 Å². The molecule has 7 nitrogen and oxygen atoms in total. The van der Waals surface area contributed by atoms with Gasteiger partial charge in [0.15, 0.2) is 5.43 Å². The van der Waals surface area contributed by atoms with Crippen LogP contribution in [-0.4, -0.2) is 24.1 Å². The van der Waals surface area contributed by atoms with Crippen LogP contribution in [0.15, 0.2) is 47.5 Å². The first-order valence-corrected chi connectivity index (χ1v) is 6.03. The third-order valence-corrected chi connectivity index (χ3v) is 2.62. The number of hydrogen-bond donors (Lipinski definition) is 3. The average molecular weight is 287 g/mol. The summed E-state index contributed by atoms with van der Waals surface area (Å²) in [6.07, 6.45) is 2.16. The van der Waals surface area contributed by atoms with Crippen molar-refractivity contribution >= 4 is 23.4 Å². The number of carbonyl (C=O) groups is 2. The van der Waals surface area contributed by atoms with Crippen molar-refractivity contribution in [2.45, 2.75) is 0 Å². The number of pyridine rings is 1. The molecule has 0 radical (unpaired) electrons. The standard InChI is InChI=1S/C14H13N3O4/c1-21-14(20)17-10-4-2-3-9(7-10)16-13(19)11-8-15-6-5-12(11)18/h2-8H,1H3,(H,15,18)(H,16,19)(H,17,20). The third-order valence-electron chi connectivity index (χ3n) is 2.62. The van der Waals surface area contributed by atoms with Gasteiger partial charge in [0, 0.05) is 29.8 Å². The first kappa shape index (κ1) is 14.3. The van der Waals surface area contributed by atoms with Crippen molar-refractivity contribution in [2.75, 3.05) is 17.7 Å².